The van der Waals surface area contributed by atoms with E-state index >= 15 is 0 Å². The summed E-state index contributed by atoms with van der Waals surface area (Å²) in [7, 11) is -3.54. The average Bonchev–Trinajstić information content (AvgIpc) is 3.30. The van der Waals surface area contributed by atoms with Crippen molar-refractivity contribution in [2.75, 3.05) is 12.3 Å². The summed E-state index contributed by atoms with van der Waals surface area (Å²) >= 11 is 1.65. The minimum atomic E-state index is -3.54. The van der Waals surface area contributed by atoms with Gasteiger partial charge < -0.3 is 4.74 Å². The predicted molar refractivity (Wildman–Crippen MR) is 122 cm³/mol. The maximum atomic E-state index is 13.2. The Labute approximate surface area is 182 Å². The third-order valence-corrected chi connectivity index (χ3v) is 8.47. The highest BCUT2D eigenvalue weighted by molar-refractivity contribution is 8.01. The molecule has 4 rings (SSSR count). The molecule has 1 aliphatic heterocycles. The van der Waals surface area contributed by atoms with Gasteiger partial charge in [0.2, 0.25) is 10.0 Å². The molecule has 0 N–H and O–H groups in total. The molecule has 0 radical (unpaired) electrons. The number of ether oxygens (including phenoxy) is 1. The first-order valence-electron chi connectivity index (χ1n) is 10.1. The number of aryl methyl sites for hydroxylation is 1. The lowest BCUT2D eigenvalue weighted by molar-refractivity contribution is 0.306. The second-order valence-electron chi connectivity index (χ2n) is 7.18. The first-order valence-corrected chi connectivity index (χ1v) is 12.6. The number of sulfonamides is 1. The van der Waals surface area contributed by atoms with Crippen LogP contribution in [-0.4, -0.2) is 25.0 Å². The molecular formula is C24H25NO3S2. The molecule has 1 saturated heterocycles. The van der Waals surface area contributed by atoms with Crippen molar-refractivity contribution >= 4 is 21.8 Å². The Kier molecular flexibility index (Phi) is 6.46. The maximum absolute atomic E-state index is 13.2. The van der Waals surface area contributed by atoms with Crippen LogP contribution in [0.3, 0.4) is 0 Å². The molecule has 1 unspecified atom stereocenters. The molecule has 3 aromatic carbocycles. The van der Waals surface area contributed by atoms with Crippen molar-refractivity contribution in [2.45, 2.75) is 30.2 Å². The fourth-order valence-electron chi connectivity index (χ4n) is 3.47. The highest BCUT2D eigenvalue weighted by atomic mass is 32.2. The van der Waals surface area contributed by atoms with E-state index < -0.39 is 10.0 Å². The van der Waals surface area contributed by atoms with Crippen LogP contribution in [0.25, 0.3) is 0 Å². The second-order valence-corrected chi connectivity index (χ2v) is 10.3. The zero-order valence-corrected chi connectivity index (χ0v) is 18.5. The van der Waals surface area contributed by atoms with E-state index in [2.05, 4.69) is 6.92 Å². The molecule has 0 aromatic heterocycles. The van der Waals surface area contributed by atoms with Crippen LogP contribution in [0.2, 0.25) is 0 Å². The second kappa shape index (κ2) is 9.25. The molecule has 4 nitrogen and oxygen atoms in total. The predicted octanol–water partition coefficient (Wildman–Crippen LogP) is 5.26. The first-order chi connectivity index (χ1) is 14.6. The van der Waals surface area contributed by atoms with Gasteiger partial charge in [0.1, 0.15) is 12.4 Å². The van der Waals surface area contributed by atoms with E-state index in [-0.39, 0.29) is 5.37 Å². The number of rotatable bonds is 7. The van der Waals surface area contributed by atoms with Crippen molar-refractivity contribution in [3.8, 4) is 5.75 Å². The standard InChI is InChI=1S/C24H25NO3S2/c1-2-19-8-14-23(15-9-19)30(26,27)25-16-17-29-24(25)21-10-12-22(13-11-21)28-18-20-6-4-3-5-7-20/h3-15,24H,2,16-18H2,1H3. The van der Waals surface area contributed by atoms with Gasteiger partial charge in [0.25, 0.3) is 0 Å². The molecule has 30 heavy (non-hydrogen) atoms. The lowest BCUT2D eigenvalue weighted by Crippen LogP contribution is -2.30. The van der Waals surface area contributed by atoms with E-state index in [0.717, 1.165) is 34.6 Å². The molecule has 0 aliphatic carbocycles. The van der Waals surface area contributed by atoms with Gasteiger partial charge in [0, 0.05) is 12.3 Å². The van der Waals surface area contributed by atoms with Gasteiger partial charge in [0.15, 0.2) is 0 Å². The molecule has 0 amide bonds. The van der Waals surface area contributed by atoms with Gasteiger partial charge in [-0.05, 0) is 47.4 Å². The van der Waals surface area contributed by atoms with Crippen molar-refractivity contribution in [3.05, 3.63) is 95.6 Å². The Hall–Kier alpha value is -2.28. The fraction of sp³-hybridized carbons (Fsp3) is 0.250. The van der Waals surface area contributed by atoms with Crippen LogP contribution in [0.1, 0.15) is 29.0 Å². The topological polar surface area (TPSA) is 46.6 Å². The quantitative estimate of drug-likeness (QED) is 0.503. The molecule has 0 spiro atoms. The minimum Gasteiger partial charge on any atom is -0.489 e. The molecule has 6 heteroatoms. The summed E-state index contributed by atoms with van der Waals surface area (Å²) in [6, 6.07) is 25.0. The van der Waals surface area contributed by atoms with Gasteiger partial charge in [-0.3, -0.25) is 0 Å². The molecule has 1 heterocycles. The summed E-state index contributed by atoms with van der Waals surface area (Å²) in [6.45, 7) is 3.08. The summed E-state index contributed by atoms with van der Waals surface area (Å²) in [5.74, 6) is 1.55. The van der Waals surface area contributed by atoms with Crippen LogP contribution >= 0.6 is 11.8 Å². The van der Waals surface area contributed by atoms with Crippen molar-refractivity contribution in [2.24, 2.45) is 0 Å². The number of benzene rings is 3. The summed E-state index contributed by atoms with van der Waals surface area (Å²) in [5.41, 5.74) is 3.21. The number of nitrogens with zero attached hydrogens (tertiary/aromatic N) is 1. The van der Waals surface area contributed by atoms with E-state index in [4.69, 9.17) is 4.74 Å². The monoisotopic (exact) mass is 439 g/mol. The van der Waals surface area contributed by atoms with Crippen LogP contribution in [0, 0.1) is 0 Å². The Bertz CT molecular complexity index is 1070. The SMILES string of the molecule is CCc1ccc(S(=O)(=O)N2CCSC2c2ccc(OCc3ccccc3)cc2)cc1. The van der Waals surface area contributed by atoms with E-state index in [9.17, 15) is 8.42 Å². The average molecular weight is 440 g/mol. The molecule has 0 saturated carbocycles. The van der Waals surface area contributed by atoms with Gasteiger partial charge in [-0.2, -0.15) is 4.31 Å². The number of hydrogen-bond acceptors (Lipinski definition) is 4. The van der Waals surface area contributed by atoms with Gasteiger partial charge in [-0.1, -0.05) is 61.5 Å². The summed E-state index contributed by atoms with van der Waals surface area (Å²) in [4.78, 5) is 0.356. The molecule has 0 bridgehead atoms. The van der Waals surface area contributed by atoms with Gasteiger partial charge in [-0.15, -0.1) is 11.8 Å². The van der Waals surface area contributed by atoms with Crippen LogP contribution in [0.15, 0.2) is 83.8 Å². The Balaban J connectivity index is 1.48. The molecule has 1 fully saturated rings. The largest absolute Gasteiger partial charge is 0.489 e. The van der Waals surface area contributed by atoms with Crippen LogP contribution in [-0.2, 0) is 23.1 Å². The number of hydrogen-bond donors (Lipinski definition) is 0. The van der Waals surface area contributed by atoms with Crippen molar-refractivity contribution < 1.29 is 13.2 Å². The van der Waals surface area contributed by atoms with E-state index in [0.29, 0.717) is 18.0 Å². The molecule has 1 atom stereocenters. The molecule has 1 aliphatic rings. The lowest BCUT2D eigenvalue weighted by atomic mass is 10.2. The van der Waals surface area contributed by atoms with Gasteiger partial charge in [0.05, 0.1) is 10.3 Å². The third kappa shape index (κ3) is 4.56. The Morgan fingerprint density at radius 3 is 2.30 bits per heavy atom. The van der Waals surface area contributed by atoms with E-state index in [1.54, 1.807) is 28.2 Å². The maximum Gasteiger partial charge on any atom is 0.244 e. The first kappa shape index (κ1) is 21.0. The van der Waals surface area contributed by atoms with Gasteiger partial charge >= 0.3 is 0 Å². The number of thioether (sulfide) groups is 1. The third-order valence-electron chi connectivity index (χ3n) is 5.20. The van der Waals surface area contributed by atoms with Crippen molar-refractivity contribution in [1.82, 2.24) is 4.31 Å². The highest BCUT2D eigenvalue weighted by Crippen LogP contribution is 2.41. The Morgan fingerprint density at radius 2 is 1.63 bits per heavy atom. The molecular weight excluding hydrogens is 414 g/mol. The summed E-state index contributed by atoms with van der Waals surface area (Å²) < 4.78 is 33.9. The van der Waals surface area contributed by atoms with E-state index in [1.165, 1.54) is 0 Å². The summed E-state index contributed by atoms with van der Waals surface area (Å²) in [5, 5.41) is -0.218. The molecule has 156 valence electrons. The summed E-state index contributed by atoms with van der Waals surface area (Å²) in [6.07, 6.45) is 0.890. The van der Waals surface area contributed by atoms with Crippen molar-refractivity contribution in [1.29, 1.82) is 0 Å². The van der Waals surface area contributed by atoms with Crippen molar-refractivity contribution in [3.63, 3.8) is 0 Å². The zero-order chi connectivity index (χ0) is 21.0. The Morgan fingerprint density at radius 1 is 0.933 bits per heavy atom. The van der Waals surface area contributed by atoms with Crippen LogP contribution in [0.4, 0.5) is 0 Å². The minimum absolute atomic E-state index is 0.218. The smallest absolute Gasteiger partial charge is 0.244 e. The fourth-order valence-corrected chi connectivity index (χ4v) is 6.71. The van der Waals surface area contributed by atoms with Gasteiger partial charge in [-0.25, -0.2) is 8.42 Å². The highest BCUT2D eigenvalue weighted by Gasteiger charge is 2.36. The lowest BCUT2D eigenvalue weighted by Gasteiger charge is -2.24. The van der Waals surface area contributed by atoms with Crippen LogP contribution < -0.4 is 4.74 Å². The molecule has 3 aromatic rings. The normalized spacial score (nSPS) is 17.2. The van der Waals surface area contributed by atoms with Crippen LogP contribution in [0.5, 0.6) is 5.75 Å². The van der Waals surface area contributed by atoms with E-state index in [1.807, 2.05) is 66.7 Å². The zero-order valence-electron chi connectivity index (χ0n) is 16.9.